The largest absolute Gasteiger partial charge is 0.396 e. The average Bonchev–Trinajstić information content (AvgIpc) is 2.21. The summed E-state index contributed by atoms with van der Waals surface area (Å²) in [6.45, 7) is 0.184. The van der Waals surface area contributed by atoms with Gasteiger partial charge >= 0.3 is 0 Å². The predicted molar refractivity (Wildman–Crippen MR) is 56.5 cm³/mol. The minimum absolute atomic E-state index is 0.184. The summed E-state index contributed by atoms with van der Waals surface area (Å²) in [5, 5.41) is 17.0. The first-order valence-electron chi connectivity index (χ1n) is 4.60. The van der Waals surface area contributed by atoms with Crippen molar-refractivity contribution >= 4 is 6.08 Å². The molecule has 0 saturated heterocycles. The van der Waals surface area contributed by atoms with Crippen LogP contribution in [0.3, 0.4) is 0 Å². The van der Waals surface area contributed by atoms with Gasteiger partial charge in [-0.25, -0.2) is 0 Å². The number of nitrogens with zero attached hydrogens (tertiary/aromatic N) is 1. The van der Waals surface area contributed by atoms with E-state index < -0.39 is 0 Å². The second-order valence-corrected chi connectivity index (χ2v) is 2.98. The molecule has 2 nitrogen and oxygen atoms in total. The monoisotopic (exact) mass is 187 g/mol. The molecule has 1 rings (SSSR count). The maximum Gasteiger partial charge on any atom is 0.0663 e. The number of aliphatic hydroxyl groups is 1. The Morgan fingerprint density at radius 3 is 2.57 bits per heavy atom. The predicted octanol–water partition coefficient (Wildman–Crippen LogP) is 2.15. The second-order valence-electron chi connectivity index (χ2n) is 2.98. The number of benzene rings is 1. The van der Waals surface area contributed by atoms with E-state index in [1.54, 1.807) is 0 Å². The lowest BCUT2D eigenvalue weighted by Gasteiger charge is -1.98. The molecule has 0 saturated carbocycles. The van der Waals surface area contributed by atoms with E-state index in [2.05, 4.69) is 0 Å². The molecule has 0 heterocycles. The highest BCUT2D eigenvalue weighted by atomic mass is 16.2. The molecule has 0 unspecified atom stereocenters. The van der Waals surface area contributed by atoms with Crippen molar-refractivity contribution in [3.8, 4) is 6.07 Å². The van der Waals surface area contributed by atoms with Crippen LogP contribution in [0, 0.1) is 11.3 Å². The molecule has 1 N–H and O–H groups in total. The van der Waals surface area contributed by atoms with E-state index in [1.807, 2.05) is 42.5 Å². The lowest BCUT2D eigenvalue weighted by atomic mass is 10.1. The van der Waals surface area contributed by atoms with Gasteiger partial charge in [0.15, 0.2) is 0 Å². The lowest BCUT2D eigenvalue weighted by molar-refractivity contribution is 0.299. The second kappa shape index (κ2) is 5.95. The van der Waals surface area contributed by atoms with E-state index in [0.29, 0.717) is 12.8 Å². The molecule has 1 aromatic rings. The Hall–Kier alpha value is -1.59. The zero-order valence-electron chi connectivity index (χ0n) is 7.98. The summed E-state index contributed by atoms with van der Waals surface area (Å²) in [6, 6.07) is 10.00. The van der Waals surface area contributed by atoms with Gasteiger partial charge in [-0.15, -0.1) is 0 Å². The number of hydrogen-bond donors (Lipinski definition) is 1. The summed E-state index contributed by atoms with van der Waals surface area (Å²) in [5.41, 5.74) is 2.21. The van der Waals surface area contributed by atoms with Crippen molar-refractivity contribution in [1.29, 1.82) is 5.26 Å². The van der Waals surface area contributed by atoms with Crippen LogP contribution < -0.4 is 0 Å². The highest BCUT2D eigenvalue weighted by molar-refractivity contribution is 5.49. The first kappa shape index (κ1) is 10.5. The topological polar surface area (TPSA) is 44.0 Å². The number of rotatable bonds is 4. The number of hydrogen-bond acceptors (Lipinski definition) is 2. The Labute approximate surface area is 84.1 Å². The van der Waals surface area contributed by atoms with Crippen molar-refractivity contribution in [3.63, 3.8) is 0 Å². The van der Waals surface area contributed by atoms with Crippen LogP contribution in [0.1, 0.15) is 17.5 Å². The number of allylic oxidation sites excluding steroid dienone is 1. The maximum atomic E-state index is 8.71. The molecule has 0 amide bonds. The molecule has 0 radical (unpaired) electrons. The Morgan fingerprint density at radius 1 is 1.29 bits per heavy atom. The highest BCUT2D eigenvalue weighted by Crippen LogP contribution is 2.06. The molecule has 0 fully saturated rings. The third-order valence-electron chi connectivity index (χ3n) is 1.90. The van der Waals surface area contributed by atoms with E-state index in [1.165, 1.54) is 0 Å². The van der Waals surface area contributed by atoms with Gasteiger partial charge in [0.25, 0.3) is 0 Å². The molecule has 0 aliphatic rings. The molecular weight excluding hydrogens is 174 g/mol. The molecule has 0 aliphatic carbocycles. The fourth-order valence-corrected chi connectivity index (χ4v) is 1.17. The Balaban J connectivity index is 2.60. The number of nitriles is 1. The molecule has 2 heteroatoms. The Bertz CT molecular complexity index is 332. The SMILES string of the molecule is N#CCC=Cc1ccc(CCO)cc1. The fraction of sp³-hybridized carbons (Fsp3) is 0.250. The standard InChI is InChI=1S/C12H13NO/c13-9-2-1-3-11-4-6-12(7-5-11)8-10-14/h1,3-7,14H,2,8,10H2. The van der Waals surface area contributed by atoms with Crippen molar-refractivity contribution in [3.05, 3.63) is 41.5 Å². The molecule has 0 atom stereocenters. The quantitative estimate of drug-likeness (QED) is 0.784. The van der Waals surface area contributed by atoms with Crippen LogP contribution in [0.4, 0.5) is 0 Å². The maximum absolute atomic E-state index is 8.71. The summed E-state index contributed by atoms with van der Waals surface area (Å²) in [5.74, 6) is 0. The van der Waals surface area contributed by atoms with E-state index >= 15 is 0 Å². The van der Waals surface area contributed by atoms with Gasteiger partial charge in [-0.1, -0.05) is 36.4 Å². The first-order valence-corrected chi connectivity index (χ1v) is 4.60. The van der Waals surface area contributed by atoms with E-state index in [9.17, 15) is 0 Å². The third kappa shape index (κ3) is 3.42. The van der Waals surface area contributed by atoms with Crippen LogP contribution in [-0.4, -0.2) is 11.7 Å². The van der Waals surface area contributed by atoms with Crippen molar-refractivity contribution in [2.24, 2.45) is 0 Å². The van der Waals surface area contributed by atoms with Gasteiger partial charge in [0.05, 0.1) is 12.5 Å². The average molecular weight is 187 g/mol. The van der Waals surface area contributed by atoms with E-state index in [4.69, 9.17) is 10.4 Å². The van der Waals surface area contributed by atoms with Crippen LogP contribution in [0.25, 0.3) is 6.08 Å². The molecular formula is C12H13NO. The van der Waals surface area contributed by atoms with Crippen LogP contribution in [0.5, 0.6) is 0 Å². The molecule has 0 aromatic heterocycles. The van der Waals surface area contributed by atoms with Crippen LogP contribution in [0.2, 0.25) is 0 Å². The minimum atomic E-state index is 0.184. The van der Waals surface area contributed by atoms with Crippen LogP contribution in [0.15, 0.2) is 30.3 Å². The van der Waals surface area contributed by atoms with Gasteiger partial charge in [0.2, 0.25) is 0 Å². The fourth-order valence-electron chi connectivity index (χ4n) is 1.17. The highest BCUT2D eigenvalue weighted by Gasteiger charge is 1.90. The lowest BCUT2D eigenvalue weighted by Crippen LogP contribution is -1.89. The Kier molecular flexibility index (Phi) is 4.46. The Morgan fingerprint density at radius 2 is 2.00 bits per heavy atom. The minimum Gasteiger partial charge on any atom is -0.396 e. The van der Waals surface area contributed by atoms with Crippen molar-refractivity contribution in [2.45, 2.75) is 12.8 Å². The molecule has 0 bridgehead atoms. The molecule has 1 aromatic carbocycles. The van der Waals surface area contributed by atoms with Gasteiger partial charge in [-0.05, 0) is 17.5 Å². The smallest absolute Gasteiger partial charge is 0.0663 e. The van der Waals surface area contributed by atoms with Gasteiger partial charge in [0, 0.05) is 6.61 Å². The zero-order chi connectivity index (χ0) is 10.2. The molecule has 0 spiro atoms. The normalized spacial score (nSPS) is 10.3. The summed E-state index contributed by atoms with van der Waals surface area (Å²) in [4.78, 5) is 0. The van der Waals surface area contributed by atoms with Crippen LogP contribution >= 0.6 is 0 Å². The first-order chi connectivity index (χ1) is 6.86. The van der Waals surface area contributed by atoms with Gasteiger partial charge < -0.3 is 5.11 Å². The molecule has 14 heavy (non-hydrogen) atoms. The number of aliphatic hydroxyl groups excluding tert-OH is 1. The summed E-state index contributed by atoms with van der Waals surface area (Å²) in [6.07, 6.45) is 4.90. The van der Waals surface area contributed by atoms with Crippen molar-refractivity contribution < 1.29 is 5.11 Å². The molecule has 0 aliphatic heterocycles. The zero-order valence-corrected chi connectivity index (χ0v) is 7.98. The van der Waals surface area contributed by atoms with Gasteiger partial charge in [-0.2, -0.15) is 5.26 Å². The van der Waals surface area contributed by atoms with E-state index in [-0.39, 0.29) is 6.61 Å². The molecule has 72 valence electrons. The summed E-state index contributed by atoms with van der Waals surface area (Å²) in [7, 11) is 0. The van der Waals surface area contributed by atoms with E-state index in [0.717, 1.165) is 11.1 Å². The van der Waals surface area contributed by atoms with Crippen molar-refractivity contribution in [2.75, 3.05) is 6.61 Å². The van der Waals surface area contributed by atoms with Gasteiger partial charge in [0.1, 0.15) is 0 Å². The third-order valence-corrected chi connectivity index (χ3v) is 1.90. The van der Waals surface area contributed by atoms with Crippen molar-refractivity contribution in [1.82, 2.24) is 0 Å². The summed E-state index contributed by atoms with van der Waals surface area (Å²) >= 11 is 0. The van der Waals surface area contributed by atoms with Crippen LogP contribution in [-0.2, 0) is 6.42 Å². The van der Waals surface area contributed by atoms with Gasteiger partial charge in [-0.3, -0.25) is 0 Å². The summed E-state index contributed by atoms with van der Waals surface area (Å²) < 4.78 is 0.